The van der Waals surface area contributed by atoms with Gasteiger partial charge >= 0.3 is 5.97 Å². The summed E-state index contributed by atoms with van der Waals surface area (Å²) in [4.78, 5) is 14.7. The first-order chi connectivity index (χ1) is 6.18. The number of pyridine rings is 1. The van der Waals surface area contributed by atoms with Gasteiger partial charge in [-0.15, -0.1) is 0 Å². The summed E-state index contributed by atoms with van der Waals surface area (Å²) in [5.41, 5.74) is 0.839. The molecule has 0 aliphatic rings. The molecule has 0 bridgehead atoms. The molecule has 1 N–H and O–H groups in total. The fourth-order valence-corrected chi connectivity index (χ4v) is 1.57. The van der Waals surface area contributed by atoms with Crippen LogP contribution in [-0.2, 0) is 0 Å². The van der Waals surface area contributed by atoms with Gasteiger partial charge in [0, 0.05) is 9.77 Å². The number of imidazole rings is 1. The molecule has 0 spiro atoms. The van der Waals surface area contributed by atoms with Gasteiger partial charge < -0.3 is 5.11 Å². The van der Waals surface area contributed by atoms with Crippen molar-refractivity contribution in [2.24, 2.45) is 0 Å². The van der Waals surface area contributed by atoms with Crippen LogP contribution in [0.15, 0.2) is 24.5 Å². The maximum Gasteiger partial charge on any atom is 0.354 e. The first-order valence-electron chi connectivity index (χ1n) is 3.54. The molecule has 4 nitrogen and oxygen atoms in total. The van der Waals surface area contributed by atoms with Gasteiger partial charge in [0.25, 0.3) is 0 Å². The molecule has 66 valence electrons. The van der Waals surface area contributed by atoms with Gasteiger partial charge in [-0.25, -0.2) is 9.78 Å². The summed E-state index contributed by atoms with van der Waals surface area (Å²) in [5.74, 6) is -0.963. The average molecular weight is 288 g/mol. The normalized spacial score (nSPS) is 10.5. The van der Waals surface area contributed by atoms with E-state index in [2.05, 4.69) is 27.6 Å². The molecule has 0 saturated carbocycles. The number of hydrogen-bond acceptors (Lipinski definition) is 2. The van der Waals surface area contributed by atoms with Crippen LogP contribution in [0, 0.1) is 3.57 Å². The molecule has 2 aromatic rings. The number of nitrogens with zero attached hydrogens (tertiary/aromatic N) is 2. The van der Waals surface area contributed by atoms with Crippen molar-refractivity contribution in [3.8, 4) is 0 Å². The Hall–Kier alpha value is -1.11. The second-order valence-corrected chi connectivity index (χ2v) is 3.77. The number of aromatic carboxylic acids is 1. The van der Waals surface area contributed by atoms with E-state index in [4.69, 9.17) is 5.11 Å². The molecule has 2 rings (SSSR count). The number of hydrogen-bond donors (Lipinski definition) is 1. The van der Waals surface area contributed by atoms with Crippen molar-refractivity contribution in [1.82, 2.24) is 9.38 Å². The number of carbonyl (C=O) groups is 1. The Balaban J connectivity index is 2.79. The van der Waals surface area contributed by atoms with Gasteiger partial charge in [-0.3, -0.25) is 4.40 Å². The van der Waals surface area contributed by atoms with Crippen molar-refractivity contribution < 1.29 is 9.90 Å². The highest BCUT2D eigenvalue weighted by Crippen LogP contribution is 2.10. The Bertz CT molecular complexity index is 478. The fraction of sp³-hybridized carbons (Fsp3) is 0. The minimum Gasteiger partial charge on any atom is -0.477 e. The Kier molecular flexibility index (Phi) is 1.95. The van der Waals surface area contributed by atoms with E-state index in [1.165, 1.54) is 6.20 Å². The van der Waals surface area contributed by atoms with Crippen molar-refractivity contribution in [3.05, 3.63) is 33.8 Å². The average Bonchev–Trinajstić information content (AvgIpc) is 2.46. The van der Waals surface area contributed by atoms with Crippen molar-refractivity contribution in [1.29, 1.82) is 0 Å². The van der Waals surface area contributed by atoms with Gasteiger partial charge in [0.1, 0.15) is 5.65 Å². The smallest absolute Gasteiger partial charge is 0.354 e. The first kappa shape index (κ1) is 8.49. The minimum absolute atomic E-state index is 0.188. The Morgan fingerprint density at radius 1 is 1.54 bits per heavy atom. The van der Waals surface area contributed by atoms with E-state index in [1.54, 1.807) is 16.7 Å². The van der Waals surface area contributed by atoms with Gasteiger partial charge in [-0.2, -0.15) is 0 Å². The highest BCUT2D eigenvalue weighted by atomic mass is 127. The van der Waals surface area contributed by atoms with E-state index in [9.17, 15) is 4.79 Å². The summed E-state index contributed by atoms with van der Waals surface area (Å²) in [6.45, 7) is 0. The number of carboxylic acids is 1. The van der Waals surface area contributed by atoms with Gasteiger partial charge in [-0.1, -0.05) is 0 Å². The van der Waals surface area contributed by atoms with Crippen LogP contribution in [0.4, 0.5) is 0 Å². The highest BCUT2D eigenvalue weighted by molar-refractivity contribution is 14.1. The third-order valence-corrected chi connectivity index (χ3v) is 2.33. The molecule has 0 aliphatic carbocycles. The summed E-state index contributed by atoms with van der Waals surface area (Å²) in [6.07, 6.45) is 3.10. The van der Waals surface area contributed by atoms with Crippen LogP contribution in [0.3, 0.4) is 0 Å². The van der Waals surface area contributed by atoms with E-state index in [0.717, 1.165) is 3.57 Å². The van der Waals surface area contributed by atoms with Crippen LogP contribution >= 0.6 is 22.6 Å². The fourth-order valence-electron chi connectivity index (χ4n) is 1.11. The number of fused-ring (bicyclic) bond motifs is 1. The maximum absolute atomic E-state index is 10.7. The van der Waals surface area contributed by atoms with Crippen molar-refractivity contribution >= 4 is 34.2 Å². The standard InChI is InChI=1S/C8H5IN2O2/c9-5-1-2-7-10-3-6(8(12)13)11(7)4-5/h1-4H,(H,12,13). The third-order valence-electron chi connectivity index (χ3n) is 1.69. The summed E-state index contributed by atoms with van der Waals surface area (Å²) in [5, 5.41) is 8.80. The lowest BCUT2D eigenvalue weighted by Gasteiger charge is -1.96. The molecule has 0 unspecified atom stereocenters. The quantitative estimate of drug-likeness (QED) is 0.812. The Morgan fingerprint density at radius 2 is 2.31 bits per heavy atom. The first-order valence-corrected chi connectivity index (χ1v) is 4.62. The van der Waals surface area contributed by atoms with Gasteiger partial charge in [-0.05, 0) is 34.7 Å². The molecule has 13 heavy (non-hydrogen) atoms. The molecule has 0 saturated heterocycles. The van der Waals surface area contributed by atoms with E-state index < -0.39 is 5.97 Å². The SMILES string of the molecule is O=C(O)c1cnc2ccc(I)cn12. The molecular weight excluding hydrogens is 283 g/mol. The lowest BCUT2D eigenvalue weighted by molar-refractivity contribution is 0.0689. The van der Waals surface area contributed by atoms with E-state index in [1.807, 2.05) is 6.07 Å². The summed E-state index contributed by atoms with van der Waals surface area (Å²) >= 11 is 2.12. The van der Waals surface area contributed by atoms with Crippen LogP contribution in [-0.4, -0.2) is 20.5 Å². The van der Waals surface area contributed by atoms with Crippen LogP contribution in [0.2, 0.25) is 0 Å². The lowest BCUT2D eigenvalue weighted by Crippen LogP contribution is -2.01. The van der Waals surface area contributed by atoms with Gasteiger partial charge in [0.2, 0.25) is 0 Å². The van der Waals surface area contributed by atoms with Crippen LogP contribution in [0.25, 0.3) is 5.65 Å². The molecule has 0 radical (unpaired) electrons. The summed E-state index contributed by atoms with van der Waals surface area (Å²) in [6, 6.07) is 3.67. The van der Waals surface area contributed by atoms with E-state index >= 15 is 0 Å². The molecule has 0 fully saturated rings. The zero-order valence-corrected chi connectivity index (χ0v) is 8.59. The zero-order chi connectivity index (χ0) is 9.42. The number of halogens is 1. The van der Waals surface area contributed by atoms with Crippen molar-refractivity contribution in [2.75, 3.05) is 0 Å². The molecule has 0 aromatic carbocycles. The molecule has 2 aromatic heterocycles. The van der Waals surface area contributed by atoms with E-state index in [0.29, 0.717) is 5.65 Å². The monoisotopic (exact) mass is 288 g/mol. The van der Waals surface area contributed by atoms with Crippen molar-refractivity contribution in [3.63, 3.8) is 0 Å². The molecular formula is C8H5IN2O2. The maximum atomic E-state index is 10.7. The molecule has 0 atom stereocenters. The number of aromatic nitrogens is 2. The Morgan fingerprint density at radius 3 is 3.00 bits per heavy atom. The largest absolute Gasteiger partial charge is 0.477 e. The molecule has 2 heterocycles. The highest BCUT2D eigenvalue weighted by Gasteiger charge is 2.09. The second kappa shape index (κ2) is 2.99. The predicted octanol–water partition coefficient (Wildman–Crippen LogP) is 1.64. The second-order valence-electron chi connectivity index (χ2n) is 2.52. The molecule has 0 amide bonds. The van der Waals surface area contributed by atoms with Crippen LogP contribution in [0.5, 0.6) is 0 Å². The number of rotatable bonds is 1. The minimum atomic E-state index is -0.963. The van der Waals surface area contributed by atoms with E-state index in [-0.39, 0.29) is 5.69 Å². The van der Waals surface area contributed by atoms with Crippen LogP contribution < -0.4 is 0 Å². The van der Waals surface area contributed by atoms with Crippen LogP contribution in [0.1, 0.15) is 10.5 Å². The van der Waals surface area contributed by atoms with Crippen molar-refractivity contribution in [2.45, 2.75) is 0 Å². The Labute approximate surface area is 87.4 Å². The third kappa shape index (κ3) is 1.39. The molecule has 0 aliphatic heterocycles. The number of carboxylic acid groups (broad SMARTS) is 1. The summed E-state index contributed by atoms with van der Waals surface area (Å²) < 4.78 is 2.54. The van der Waals surface area contributed by atoms with Gasteiger partial charge in [0.15, 0.2) is 5.69 Å². The molecule has 5 heteroatoms. The summed E-state index contributed by atoms with van der Waals surface area (Å²) in [7, 11) is 0. The zero-order valence-electron chi connectivity index (χ0n) is 6.44. The predicted molar refractivity (Wildman–Crippen MR) is 54.9 cm³/mol. The van der Waals surface area contributed by atoms with Gasteiger partial charge in [0.05, 0.1) is 6.20 Å². The topological polar surface area (TPSA) is 54.6 Å². The lowest BCUT2D eigenvalue weighted by atomic mass is 10.4.